The number of aliphatic imine (C=N–C) groups is 1. The molecule has 0 radical (unpaired) electrons. The lowest BCUT2D eigenvalue weighted by Crippen LogP contribution is -2.56. The predicted molar refractivity (Wildman–Crippen MR) is 102 cm³/mol. The highest BCUT2D eigenvalue weighted by atomic mass is 127. The van der Waals surface area contributed by atoms with Gasteiger partial charge in [0, 0.05) is 33.2 Å². The molecule has 1 fully saturated rings. The van der Waals surface area contributed by atoms with E-state index in [2.05, 4.69) is 10.3 Å². The van der Waals surface area contributed by atoms with Crippen LogP contribution in [-0.4, -0.2) is 67.1 Å². The van der Waals surface area contributed by atoms with Gasteiger partial charge < -0.3 is 20.4 Å². The molecule has 1 saturated heterocycles. The summed E-state index contributed by atoms with van der Waals surface area (Å²) < 4.78 is 43.6. The standard InChI is InChI=1S/C15H22F3N5O2.HI/c1-10(15(16,17)18)22-5-7-23(8-6-22)14(20-2)21-9-11-3-4-12(25-11)13(19)24;/h3-4,10H,5-9H2,1-2H3,(H2,19,24)(H,20,21);1H. The van der Waals surface area contributed by atoms with Gasteiger partial charge in [-0.25, -0.2) is 0 Å². The minimum absolute atomic E-state index is 0. The molecular formula is C15H23F3IN5O2. The molecule has 1 amide bonds. The van der Waals surface area contributed by atoms with Crippen LogP contribution in [0.2, 0.25) is 0 Å². The zero-order valence-electron chi connectivity index (χ0n) is 14.5. The van der Waals surface area contributed by atoms with Gasteiger partial charge in [-0.05, 0) is 19.1 Å². The Balaban J connectivity index is 0.00000338. The summed E-state index contributed by atoms with van der Waals surface area (Å²) in [5.74, 6) is 0.502. The zero-order chi connectivity index (χ0) is 18.6. The van der Waals surface area contributed by atoms with Gasteiger partial charge in [0.2, 0.25) is 0 Å². The molecule has 7 nitrogen and oxygen atoms in total. The number of carbonyl (C=O) groups excluding carboxylic acids is 1. The number of furan rings is 1. The number of hydrogen-bond acceptors (Lipinski definition) is 4. The minimum Gasteiger partial charge on any atom is -0.454 e. The molecule has 0 saturated carbocycles. The van der Waals surface area contributed by atoms with Crippen molar-refractivity contribution in [3.05, 3.63) is 23.7 Å². The monoisotopic (exact) mass is 489 g/mol. The molecule has 3 N–H and O–H groups in total. The van der Waals surface area contributed by atoms with Gasteiger partial charge in [-0.3, -0.25) is 14.7 Å². The van der Waals surface area contributed by atoms with Gasteiger partial charge in [0.05, 0.1) is 6.54 Å². The van der Waals surface area contributed by atoms with Crippen molar-refractivity contribution in [2.24, 2.45) is 10.7 Å². The number of nitrogens with two attached hydrogens (primary N) is 1. The molecule has 0 bridgehead atoms. The summed E-state index contributed by atoms with van der Waals surface area (Å²) >= 11 is 0. The lowest BCUT2D eigenvalue weighted by atomic mass is 10.2. The number of carbonyl (C=O) groups is 1. The average molecular weight is 489 g/mol. The Morgan fingerprint density at radius 3 is 2.42 bits per heavy atom. The SMILES string of the molecule is CN=C(NCc1ccc(C(N)=O)o1)N1CCN(C(C)C(F)(F)F)CC1.I. The summed E-state index contributed by atoms with van der Waals surface area (Å²) in [7, 11) is 1.60. The highest BCUT2D eigenvalue weighted by Gasteiger charge is 2.41. The van der Waals surface area contributed by atoms with Crippen LogP contribution in [0.15, 0.2) is 21.5 Å². The summed E-state index contributed by atoms with van der Waals surface area (Å²) in [6, 6.07) is 1.66. The van der Waals surface area contributed by atoms with Gasteiger partial charge in [-0.15, -0.1) is 24.0 Å². The van der Waals surface area contributed by atoms with Crippen molar-refractivity contribution in [1.82, 2.24) is 15.1 Å². The Morgan fingerprint density at radius 2 is 1.96 bits per heavy atom. The number of primary amides is 1. The summed E-state index contributed by atoms with van der Waals surface area (Å²) in [4.78, 5) is 18.4. The third kappa shape index (κ3) is 5.76. The van der Waals surface area contributed by atoms with E-state index in [9.17, 15) is 18.0 Å². The second-order valence-electron chi connectivity index (χ2n) is 5.77. The molecule has 1 aromatic rings. The second kappa shape index (κ2) is 9.44. The topological polar surface area (TPSA) is 87.1 Å². The number of alkyl halides is 3. The lowest BCUT2D eigenvalue weighted by Gasteiger charge is -2.39. The molecule has 2 heterocycles. The van der Waals surface area contributed by atoms with Crippen LogP contribution in [0.1, 0.15) is 23.2 Å². The first-order valence-electron chi connectivity index (χ1n) is 7.87. The molecule has 26 heavy (non-hydrogen) atoms. The Labute approximate surface area is 166 Å². The second-order valence-corrected chi connectivity index (χ2v) is 5.77. The summed E-state index contributed by atoms with van der Waals surface area (Å²) in [5, 5.41) is 3.07. The molecule has 0 spiro atoms. The fraction of sp³-hybridized carbons (Fsp3) is 0.600. The highest BCUT2D eigenvalue weighted by molar-refractivity contribution is 14.0. The maximum atomic E-state index is 12.8. The molecule has 148 valence electrons. The molecule has 1 atom stereocenters. The van der Waals surface area contributed by atoms with Gasteiger partial charge in [0.1, 0.15) is 11.8 Å². The molecule has 1 aromatic heterocycles. The van der Waals surface area contributed by atoms with Crippen LogP contribution in [0.5, 0.6) is 0 Å². The minimum atomic E-state index is -4.22. The smallest absolute Gasteiger partial charge is 0.403 e. The van der Waals surface area contributed by atoms with Crippen LogP contribution in [0.4, 0.5) is 13.2 Å². The van der Waals surface area contributed by atoms with Gasteiger partial charge in [-0.1, -0.05) is 0 Å². The van der Waals surface area contributed by atoms with E-state index in [0.717, 1.165) is 0 Å². The third-order valence-corrected chi connectivity index (χ3v) is 4.17. The van der Waals surface area contributed by atoms with Crippen LogP contribution in [0.3, 0.4) is 0 Å². The Morgan fingerprint density at radius 1 is 1.35 bits per heavy atom. The number of halogens is 4. The number of nitrogens with one attached hydrogen (secondary N) is 1. The largest absolute Gasteiger partial charge is 0.454 e. The number of rotatable bonds is 4. The summed E-state index contributed by atoms with van der Waals surface area (Å²) in [6.07, 6.45) is -4.22. The molecular weight excluding hydrogens is 466 g/mol. The van der Waals surface area contributed by atoms with Crippen LogP contribution in [0, 0.1) is 0 Å². The first-order valence-corrected chi connectivity index (χ1v) is 7.87. The van der Waals surface area contributed by atoms with E-state index in [0.29, 0.717) is 44.4 Å². The van der Waals surface area contributed by atoms with Crippen molar-refractivity contribution < 1.29 is 22.4 Å². The van der Waals surface area contributed by atoms with Gasteiger partial charge in [-0.2, -0.15) is 13.2 Å². The van der Waals surface area contributed by atoms with E-state index in [1.54, 1.807) is 13.1 Å². The van der Waals surface area contributed by atoms with Crippen molar-refractivity contribution in [2.45, 2.75) is 25.7 Å². The molecule has 1 aliphatic heterocycles. The maximum absolute atomic E-state index is 12.8. The van der Waals surface area contributed by atoms with Crippen LogP contribution >= 0.6 is 24.0 Å². The molecule has 1 aliphatic rings. The molecule has 2 rings (SSSR count). The molecule has 1 unspecified atom stereocenters. The van der Waals surface area contributed by atoms with Crippen LogP contribution in [-0.2, 0) is 6.54 Å². The fourth-order valence-electron chi connectivity index (χ4n) is 2.63. The van der Waals surface area contributed by atoms with Gasteiger partial charge in [0.25, 0.3) is 5.91 Å². The van der Waals surface area contributed by atoms with E-state index < -0.39 is 18.1 Å². The first kappa shape index (κ1) is 22.5. The lowest BCUT2D eigenvalue weighted by molar-refractivity contribution is -0.181. The van der Waals surface area contributed by atoms with Crippen molar-refractivity contribution in [2.75, 3.05) is 33.2 Å². The van der Waals surface area contributed by atoms with Gasteiger partial charge in [0.15, 0.2) is 11.7 Å². The number of guanidine groups is 1. The van der Waals surface area contributed by atoms with Crippen molar-refractivity contribution in [3.8, 4) is 0 Å². The molecule has 11 heteroatoms. The fourth-order valence-corrected chi connectivity index (χ4v) is 2.63. The highest BCUT2D eigenvalue weighted by Crippen LogP contribution is 2.25. The number of amides is 1. The number of nitrogens with zero attached hydrogens (tertiary/aromatic N) is 3. The zero-order valence-corrected chi connectivity index (χ0v) is 16.9. The quantitative estimate of drug-likeness (QED) is 0.382. The third-order valence-electron chi connectivity index (χ3n) is 4.17. The Hall–Kier alpha value is -1.50. The maximum Gasteiger partial charge on any atom is 0.403 e. The normalized spacial score (nSPS) is 17.6. The van der Waals surface area contributed by atoms with Crippen molar-refractivity contribution in [3.63, 3.8) is 0 Å². The summed E-state index contributed by atoms with van der Waals surface area (Å²) in [6.45, 7) is 2.94. The van der Waals surface area contributed by atoms with Gasteiger partial charge >= 0.3 is 6.18 Å². The Bertz CT molecular complexity index is 627. The number of hydrogen-bond donors (Lipinski definition) is 2. The number of piperazine rings is 1. The van der Waals surface area contributed by atoms with E-state index in [4.69, 9.17) is 10.2 Å². The van der Waals surface area contributed by atoms with E-state index in [1.807, 2.05) is 4.90 Å². The Kier molecular flexibility index (Phi) is 8.18. The van der Waals surface area contributed by atoms with E-state index in [-0.39, 0.29) is 29.7 Å². The predicted octanol–water partition coefficient (Wildman–Crippen LogP) is 1.64. The first-order chi connectivity index (χ1) is 11.7. The van der Waals surface area contributed by atoms with Crippen molar-refractivity contribution >= 4 is 35.8 Å². The van der Waals surface area contributed by atoms with Crippen molar-refractivity contribution in [1.29, 1.82) is 0 Å². The van der Waals surface area contributed by atoms with E-state index >= 15 is 0 Å². The van der Waals surface area contributed by atoms with Crippen LogP contribution < -0.4 is 11.1 Å². The van der Waals surface area contributed by atoms with Crippen LogP contribution in [0.25, 0.3) is 0 Å². The average Bonchev–Trinajstić information content (AvgIpc) is 3.04. The molecule has 0 aromatic carbocycles. The molecule has 0 aliphatic carbocycles. The summed E-state index contributed by atoms with van der Waals surface area (Å²) in [5.41, 5.74) is 5.12. The van der Waals surface area contributed by atoms with E-state index in [1.165, 1.54) is 17.9 Å².